The summed E-state index contributed by atoms with van der Waals surface area (Å²) in [5, 5.41) is 9.72. The number of amidine groups is 1. The van der Waals surface area contributed by atoms with Crippen molar-refractivity contribution < 1.29 is 4.79 Å². The number of nitrogens with zero attached hydrogens (tertiary/aromatic N) is 1. The van der Waals surface area contributed by atoms with Crippen LogP contribution in [0.1, 0.15) is 33.1 Å². The minimum Gasteiger partial charge on any atom is -0.352 e. The highest BCUT2D eigenvalue weighted by molar-refractivity contribution is 8.14. The van der Waals surface area contributed by atoms with Crippen molar-refractivity contribution in [2.75, 3.05) is 11.1 Å². The Hall–Kier alpha value is -2.01. The molecule has 0 unspecified atom stereocenters. The van der Waals surface area contributed by atoms with Crippen LogP contribution in [0.5, 0.6) is 0 Å². The molecule has 1 saturated carbocycles. The molecule has 0 saturated heterocycles. The van der Waals surface area contributed by atoms with Crippen LogP contribution in [0, 0.1) is 11.8 Å². The van der Waals surface area contributed by atoms with E-state index in [2.05, 4.69) is 42.7 Å². The fraction of sp³-hybridized carbons (Fsp3) is 0.429. The Bertz CT molecular complexity index is 858. The molecule has 2 N–H and O–H groups in total. The highest BCUT2D eigenvalue weighted by Crippen LogP contribution is 2.37. The number of carbonyl (C=O) groups is 1. The maximum Gasteiger partial charge on any atom is 0.230 e. The van der Waals surface area contributed by atoms with Crippen LogP contribution in [0.4, 0.5) is 11.4 Å². The van der Waals surface area contributed by atoms with E-state index in [1.165, 1.54) is 30.0 Å². The van der Waals surface area contributed by atoms with Crippen LogP contribution in [0.2, 0.25) is 0 Å². The molecule has 0 radical (unpaired) electrons. The highest BCUT2D eigenvalue weighted by atomic mass is 32.2. The van der Waals surface area contributed by atoms with Gasteiger partial charge in [-0.2, -0.15) is 0 Å². The van der Waals surface area contributed by atoms with Gasteiger partial charge in [-0.1, -0.05) is 62.7 Å². The van der Waals surface area contributed by atoms with Gasteiger partial charge in [-0.05, 0) is 35.8 Å². The van der Waals surface area contributed by atoms with Gasteiger partial charge in [0.05, 0.1) is 17.1 Å². The molecule has 3 atom stereocenters. The predicted molar refractivity (Wildman–Crippen MR) is 111 cm³/mol. The Morgan fingerprint density at radius 3 is 2.88 bits per heavy atom. The first kappa shape index (κ1) is 17.4. The molecular formula is C21H25N3OS. The standard InChI is InChI=1S/C21H25N3OS/c1-13-6-3-9-16(14(13)2)22-19(25)12-26-21-23-17-10-4-7-15-8-5-11-18(24-21)20(15)17/h4-5,7-8,10-11,13-14,16H,3,6,9,12H2,1-2H3,(H,22,25)(H,23,24)/t13-,14+,16-/m0/s1. The van der Waals surface area contributed by atoms with E-state index in [1.54, 1.807) is 0 Å². The molecule has 2 aromatic carbocycles. The Balaban J connectivity index is 1.40. The normalized spacial score (nSPS) is 24.7. The summed E-state index contributed by atoms with van der Waals surface area (Å²) < 4.78 is 0. The Morgan fingerprint density at radius 2 is 2.04 bits per heavy atom. The summed E-state index contributed by atoms with van der Waals surface area (Å²) in [4.78, 5) is 17.1. The third-order valence-electron chi connectivity index (χ3n) is 5.74. The minimum absolute atomic E-state index is 0.0996. The molecule has 26 heavy (non-hydrogen) atoms. The smallest absolute Gasteiger partial charge is 0.230 e. The lowest BCUT2D eigenvalue weighted by Crippen LogP contribution is -2.44. The first-order chi connectivity index (χ1) is 12.6. The molecule has 136 valence electrons. The molecule has 0 aromatic heterocycles. The summed E-state index contributed by atoms with van der Waals surface area (Å²) >= 11 is 1.47. The Kier molecular flexibility index (Phi) is 4.90. The first-order valence-electron chi connectivity index (χ1n) is 9.41. The third kappa shape index (κ3) is 3.45. The molecule has 4 rings (SSSR count). The van der Waals surface area contributed by atoms with E-state index in [-0.39, 0.29) is 5.91 Å². The van der Waals surface area contributed by atoms with Crippen molar-refractivity contribution in [1.82, 2.24) is 5.32 Å². The van der Waals surface area contributed by atoms with E-state index in [0.717, 1.165) is 28.3 Å². The fourth-order valence-electron chi connectivity index (χ4n) is 4.01. The van der Waals surface area contributed by atoms with Crippen molar-refractivity contribution in [2.24, 2.45) is 16.8 Å². The second-order valence-corrected chi connectivity index (χ2v) is 8.42. The van der Waals surface area contributed by atoms with Gasteiger partial charge in [0, 0.05) is 11.4 Å². The van der Waals surface area contributed by atoms with Crippen LogP contribution in [-0.4, -0.2) is 22.9 Å². The van der Waals surface area contributed by atoms with E-state index in [1.807, 2.05) is 18.2 Å². The first-order valence-corrected chi connectivity index (χ1v) is 10.4. The van der Waals surface area contributed by atoms with Gasteiger partial charge >= 0.3 is 0 Å². The van der Waals surface area contributed by atoms with Gasteiger partial charge in [-0.3, -0.25) is 4.79 Å². The molecule has 5 heteroatoms. The molecule has 1 aliphatic carbocycles. The molecule has 1 aliphatic heterocycles. The lowest BCUT2D eigenvalue weighted by molar-refractivity contribution is -0.119. The van der Waals surface area contributed by atoms with E-state index in [9.17, 15) is 4.79 Å². The summed E-state index contributed by atoms with van der Waals surface area (Å²) in [6.45, 7) is 4.54. The van der Waals surface area contributed by atoms with Crippen molar-refractivity contribution in [3.63, 3.8) is 0 Å². The van der Waals surface area contributed by atoms with Crippen molar-refractivity contribution in [2.45, 2.75) is 39.2 Å². The molecule has 4 nitrogen and oxygen atoms in total. The summed E-state index contributed by atoms with van der Waals surface area (Å²) in [7, 11) is 0. The quantitative estimate of drug-likeness (QED) is 0.809. The zero-order valence-electron chi connectivity index (χ0n) is 15.3. The molecule has 1 amide bonds. The lowest BCUT2D eigenvalue weighted by Gasteiger charge is -2.34. The number of amides is 1. The van der Waals surface area contributed by atoms with Crippen LogP contribution in [0.25, 0.3) is 10.8 Å². The van der Waals surface area contributed by atoms with Crippen molar-refractivity contribution in [1.29, 1.82) is 0 Å². The zero-order chi connectivity index (χ0) is 18.1. The number of nitrogens with one attached hydrogen (secondary N) is 2. The van der Waals surface area contributed by atoms with Crippen LogP contribution in [0.15, 0.2) is 41.4 Å². The van der Waals surface area contributed by atoms with Crippen LogP contribution < -0.4 is 10.6 Å². The SMILES string of the molecule is C[C@H]1[C@@H](NC(=O)CSC2=Nc3cccc4cccc(c34)N2)CCC[C@@H]1C. The number of benzene rings is 2. The second kappa shape index (κ2) is 7.31. The third-order valence-corrected chi connectivity index (χ3v) is 6.61. The summed E-state index contributed by atoms with van der Waals surface area (Å²) in [6, 6.07) is 12.7. The number of hydrogen-bond acceptors (Lipinski definition) is 4. The van der Waals surface area contributed by atoms with E-state index in [4.69, 9.17) is 4.99 Å². The number of rotatable bonds is 3. The predicted octanol–water partition coefficient (Wildman–Crippen LogP) is 4.93. The Morgan fingerprint density at radius 1 is 1.23 bits per heavy atom. The minimum atomic E-state index is 0.0996. The topological polar surface area (TPSA) is 53.5 Å². The van der Waals surface area contributed by atoms with Crippen LogP contribution in [-0.2, 0) is 4.79 Å². The number of hydrogen-bond donors (Lipinski definition) is 2. The molecule has 1 heterocycles. The van der Waals surface area contributed by atoms with Gasteiger partial charge in [0.15, 0.2) is 5.17 Å². The average Bonchev–Trinajstić information content (AvgIpc) is 2.64. The van der Waals surface area contributed by atoms with Crippen molar-refractivity contribution >= 4 is 45.0 Å². The summed E-state index contributed by atoms with van der Waals surface area (Å²) in [5.41, 5.74) is 2.03. The number of carbonyl (C=O) groups excluding carboxylic acids is 1. The number of thioether (sulfide) groups is 1. The summed E-state index contributed by atoms with van der Waals surface area (Å²) in [6.07, 6.45) is 3.57. The van der Waals surface area contributed by atoms with E-state index < -0.39 is 0 Å². The lowest BCUT2D eigenvalue weighted by atomic mass is 9.78. The largest absolute Gasteiger partial charge is 0.352 e. The molecule has 2 aromatic rings. The van der Waals surface area contributed by atoms with Gasteiger partial charge in [0.25, 0.3) is 0 Å². The molecule has 1 fully saturated rings. The molecule has 2 aliphatic rings. The van der Waals surface area contributed by atoms with Gasteiger partial charge in [-0.15, -0.1) is 0 Å². The van der Waals surface area contributed by atoms with Gasteiger partial charge in [0.2, 0.25) is 5.91 Å². The zero-order valence-corrected chi connectivity index (χ0v) is 16.1. The van der Waals surface area contributed by atoms with E-state index in [0.29, 0.717) is 23.6 Å². The van der Waals surface area contributed by atoms with Crippen molar-refractivity contribution in [3.8, 4) is 0 Å². The molecular weight excluding hydrogens is 342 g/mol. The maximum absolute atomic E-state index is 12.4. The fourth-order valence-corrected chi connectivity index (χ4v) is 4.70. The van der Waals surface area contributed by atoms with Gasteiger partial charge in [0.1, 0.15) is 0 Å². The van der Waals surface area contributed by atoms with Crippen LogP contribution >= 0.6 is 11.8 Å². The van der Waals surface area contributed by atoms with Gasteiger partial charge in [-0.25, -0.2) is 4.99 Å². The molecule has 0 bridgehead atoms. The van der Waals surface area contributed by atoms with Gasteiger partial charge < -0.3 is 10.6 Å². The second-order valence-electron chi connectivity index (χ2n) is 7.45. The highest BCUT2D eigenvalue weighted by Gasteiger charge is 2.28. The monoisotopic (exact) mass is 367 g/mol. The van der Waals surface area contributed by atoms with E-state index >= 15 is 0 Å². The Labute approximate surface area is 158 Å². The average molecular weight is 368 g/mol. The number of anilines is 1. The maximum atomic E-state index is 12.4. The van der Waals surface area contributed by atoms with Crippen molar-refractivity contribution in [3.05, 3.63) is 36.4 Å². The van der Waals surface area contributed by atoms with Crippen LogP contribution in [0.3, 0.4) is 0 Å². The summed E-state index contributed by atoms with van der Waals surface area (Å²) in [5.74, 6) is 1.72. The molecule has 0 spiro atoms. The number of aliphatic imine (C=N–C) groups is 1.